The lowest BCUT2D eigenvalue weighted by Crippen LogP contribution is -2.45. The Kier molecular flexibility index (Phi) is 10.1. The van der Waals surface area contributed by atoms with Crippen molar-refractivity contribution in [3.8, 4) is 0 Å². The number of nitrogens with zero attached hydrogens (tertiary/aromatic N) is 1. The van der Waals surface area contributed by atoms with Crippen molar-refractivity contribution >= 4 is 12.1 Å². The van der Waals surface area contributed by atoms with Crippen molar-refractivity contribution in [2.75, 3.05) is 6.54 Å². The second-order valence-corrected chi connectivity index (χ2v) is 8.05. The maximum Gasteiger partial charge on any atom is 0.411 e. The van der Waals surface area contributed by atoms with Gasteiger partial charge in [0, 0.05) is 6.54 Å². The Bertz CT molecular complexity index is 997. The van der Waals surface area contributed by atoms with Gasteiger partial charge in [0.2, 0.25) is 0 Å². The lowest BCUT2D eigenvalue weighted by Gasteiger charge is -2.30. The molecule has 3 aromatic carbocycles. The Morgan fingerprint density at radius 2 is 1.21 bits per heavy atom. The van der Waals surface area contributed by atoms with Gasteiger partial charge in [-0.3, -0.25) is 4.90 Å². The van der Waals surface area contributed by atoms with Crippen molar-refractivity contribution in [1.82, 2.24) is 4.90 Å². The zero-order valence-corrected chi connectivity index (χ0v) is 19.3. The molecule has 0 spiro atoms. The zero-order chi connectivity index (χ0) is 24.0. The maximum absolute atomic E-state index is 13.2. The number of unbranched alkanes of at least 4 members (excludes halogenated alkanes) is 1. The molecule has 3 rings (SSSR count). The minimum Gasteiger partial charge on any atom is -0.459 e. The number of carbonyl (C=O) groups excluding carboxylic acids is 2. The third-order valence-corrected chi connectivity index (χ3v) is 5.44. The Labute approximate surface area is 201 Å². The van der Waals surface area contributed by atoms with E-state index < -0.39 is 18.1 Å². The van der Waals surface area contributed by atoms with Gasteiger partial charge < -0.3 is 15.2 Å². The van der Waals surface area contributed by atoms with Crippen LogP contribution in [0.5, 0.6) is 0 Å². The number of rotatable bonds is 12. The van der Waals surface area contributed by atoms with E-state index in [0.29, 0.717) is 19.4 Å². The fourth-order valence-electron chi connectivity index (χ4n) is 3.59. The molecule has 6 nitrogen and oxygen atoms in total. The molecule has 0 aliphatic carbocycles. The second kappa shape index (κ2) is 13.8. The highest BCUT2D eigenvalue weighted by Gasteiger charge is 2.32. The number of ether oxygens (including phenoxy) is 2. The van der Waals surface area contributed by atoms with E-state index in [1.807, 2.05) is 91.0 Å². The molecular formula is C28H32N2O4. The van der Waals surface area contributed by atoms with Crippen molar-refractivity contribution in [3.63, 3.8) is 0 Å². The van der Waals surface area contributed by atoms with Gasteiger partial charge in [-0.15, -0.1) is 0 Å². The van der Waals surface area contributed by atoms with Crippen LogP contribution in [0.1, 0.15) is 36.0 Å². The standard InChI is InChI=1S/C28H32N2O4/c29-19-11-10-18-26(27(31)33-21-24-14-6-2-7-15-24)30(20-23-12-4-1-5-13-23)28(32)34-22-25-16-8-3-9-17-25/h1-9,12-17,26H,10-11,18-22,29H2/t26-/m0/s1. The van der Waals surface area contributed by atoms with E-state index in [0.717, 1.165) is 23.1 Å². The summed E-state index contributed by atoms with van der Waals surface area (Å²) in [5, 5.41) is 0. The molecule has 6 heteroatoms. The largest absolute Gasteiger partial charge is 0.459 e. The van der Waals surface area contributed by atoms with E-state index in [4.69, 9.17) is 15.2 Å². The first-order valence-corrected chi connectivity index (χ1v) is 11.6. The predicted octanol–water partition coefficient (Wildman–Crippen LogP) is 5.07. The van der Waals surface area contributed by atoms with Gasteiger partial charge in [0.25, 0.3) is 0 Å². The van der Waals surface area contributed by atoms with E-state index in [1.54, 1.807) is 0 Å². The molecule has 0 unspecified atom stereocenters. The van der Waals surface area contributed by atoms with Crippen LogP contribution in [0.3, 0.4) is 0 Å². The summed E-state index contributed by atoms with van der Waals surface area (Å²) in [4.78, 5) is 27.9. The lowest BCUT2D eigenvalue weighted by atomic mass is 10.1. The van der Waals surface area contributed by atoms with Crippen molar-refractivity contribution in [1.29, 1.82) is 0 Å². The maximum atomic E-state index is 13.2. The van der Waals surface area contributed by atoms with Gasteiger partial charge in [0.05, 0.1) is 0 Å². The molecule has 1 atom stereocenters. The van der Waals surface area contributed by atoms with Crippen LogP contribution in [-0.4, -0.2) is 29.5 Å². The molecule has 1 amide bonds. The van der Waals surface area contributed by atoms with E-state index in [2.05, 4.69) is 0 Å². The van der Waals surface area contributed by atoms with Crippen LogP contribution in [0.25, 0.3) is 0 Å². The molecule has 0 saturated carbocycles. The molecular weight excluding hydrogens is 428 g/mol. The molecule has 34 heavy (non-hydrogen) atoms. The van der Waals surface area contributed by atoms with Crippen molar-refractivity contribution in [2.24, 2.45) is 5.73 Å². The van der Waals surface area contributed by atoms with Gasteiger partial charge in [0.1, 0.15) is 19.3 Å². The Morgan fingerprint density at radius 3 is 1.74 bits per heavy atom. The van der Waals surface area contributed by atoms with Gasteiger partial charge in [0.15, 0.2) is 0 Å². The SMILES string of the molecule is NCCCC[C@@H](C(=O)OCc1ccccc1)N(Cc1ccccc1)C(=O)OCc1ccccc1. The summed E-state index contributed by atoms with van der Waals surface area (Å²) in [6.07, 6.45) is 1.33. The molecule has 0 heterocycles. The molecule has 3 aromatic rings. The van der Waals surface area contributed by atoms with E-state index in [1.165, 1.54) is 4.90 Å². The third kappa shape index (κ3) is 8.05. The van der Waals surface area contributed by atoms with E-state index in [-0.39, 0.29) is 19.8 Å². The summed E-state index contributed by atoms with van der Waals surface area (Å²) in [5.41, 5.74) is 8.34. The molecule has 178 valence electrons. The minimum absolute atomic E-state index is 0.125. The smallest absolute Gasteiger partial charge is 0.411 e. The number of benzene rings is 3. The Morgan fingerprint density at radius 1 is 0.706 bits per heavy atom. The van der Waals surface area contributed by atoms with Crippen LogP contribution in [0.4, 0.5) is 4.79 Å². The van der Waals surface area contributed by atoms with Crippen molar-refractivity contribution in [3.05, 3.63) is 108 Å². The fraction of sp³-hybridized carbons (Fsp3) is 0.286. The number of carbonyl (C=O) groups is 2. The van der Waals surface area contributed by atoms with Gasteiger partial charge in [-0.1, -0.05) is 91.0 Å². The monoisotopic (exact) mass is 460 g/mol. The molecule has 0 radical (unpaired) electrons. The number of esters is 1. The molecule has 0 saturated heterocycles. The molecule has 0 bridgehead atoms. The summed E-state index contributed by atoms with van der Waals surface area (Å²) in [7, 11) is 0. The number of nitrogens with two attached hydrogens (primary N) is 1. The van der Waals surface area contributed by atoms with Crippen LogP contribution < -0.4 is 5.73 Å². The number of hydrogen-bond acceptors (Lipinski definition) is 5. The van der Waals surface area contributed by atoms with Crippen LogP contribution in [-0.2, 0) is 34.0 Å². The topological polar surface area (TPSA) is 81.9 Å². The predicted molar refractivity (Wildman–Crippen MR) is 132 cm³/mol. The highest BCUT2D eigenvalue weighted by Crippen LogP contribution is 2.18. The summed E-state index contributed by atoms with van der Waals surface area (Å²) < 4.78 is 11.3. The second-order valence-electron chi connectivity index (χ2n) is 8.05. The van der Waals surface area contributed by atoms with Crippen molar-refractivity contribution < 1.29 is 19.1 Å². The summed E-state index contributed by atoms with van der Waals surface area (Å²) in [6, 6.07) is 27.7. The molecule has 0 aromatic heterocycles. The average molecular weight is 461 g/mol. The summed E-state index contributed by atoms with van der Waals surface area (Å²) >= 11 is 0. The highest BCUT2D eigenvalue weighted by atomic mass is 16.6. The zero-order valence-electron chi connectivity index (χ0n) is 19.3. The van der Waals surface area contributed by atoms with Crippen LogP contribution >= 0.6 is 0 Å². The highest BCUT2D eigenvalue weighted by molar-refractivity contribution is 5.81. The van der Waals surface area contributed by atoms with Gasteiger partial charge in [-0.2, -0.15) is 0 Å². The van der Waals surface area contributed by atoms with Crippen LogP contribution in [0.2, 0.25) is 0 Å². The first kappa shape index (κ1) is 25.0. The van der Waals surface area contributed by atoms with Gasteiger partial charge in [-0.25, -0.2) is 9.59 Å². The Hall–Kier alpha value is -3.64. The quantitative estimate of drug-likeness (QED) is 0.302. The fourth-order valence-corrected chi connectivity index (χ4v) is 3.59. The first-order valence-electron chi connectivity index (χ1n) is 11.6. The van der Waals surface area contributed by atoms with Crippen molar-refractivity contribution in [2.45, 2.75) is 45.1 Å². The Balaban J connectivity index is 1.78. The minimum atomic E-state index is -0.779. The first-order chi connectivity index (χ1) is 16.7. The van der Waals surface area contributed by atoms with Crippen LogP contribution in [0, 0.1) is 0 Å². The third-order valence-electron chi connectivity index (χ3n) is 5.44. The van der Waals surface area contributed by atoms with Gasteiger partial charge in [-0.05, 0) is 42.5 Å². The van der Waals surface area contributed by atoms with E-state index >= 15 is 0 Å². The average Bonchev–Trinajstić information content (AvgIpc) is 2.89. The summed E-state index contributed by atoms with van der Waals surface area (Å²) in [5.74, 6) is -0.450. The molecule has 0 aliphatic heterocycles. The van der Waals surface area contributed by atoms with Gasteiger partial charge >= 0.3 is 12.1 Å². The van der Waals surface area contributed by atoms with E-state index in [9.17, 15) is 9.59 Å². The molecule has 0 fully saturated rings. The molecule has 0 aliphatic rings. The normalized spacial score (nSPS) is 11.4. The molecule has 2 N–H and O–H groups in total. The number of amides is 1. The lowest BCUT2D eigenvalue weighted by molar-refractivity contribution is -0.151. The van der Waals surface area contributed by atoms with Crippen LogP contribution in [0.15, 0.2) is 91.0 Å². The number of hydrogen-bond donors (Lipinski definition) is 1. The summed E-state index contributed by atoms with van der Waals surface area (Å²) in [6.45, 7) is 1.02.